The first-order chi connectivity index (χ1) is 13.5. The van der Waals surface area contributed by atoms with Crippen LogP contribution in [-0.2, 0) is 10.0 Å². The molecule has 2 atom stereocenters. The molecule has 8 heteroatoms. The number of likely N-dealkylation sites (tertiary alicyclic amines) is 1. The maximum absolute atomic E-state index is 12.9. The molecule has 2 aromatic carbocycles. The lowest BCUT2D eigenvalue weighted by Crippen LogP contribution is -2.43. The van der Waals surface area contributed by atoms with Gasteiger partial charge >= 0.3 is 0 Å². The van der Waals surface area contributed by atoms with Gasteiger partial charge in [-0.2, -0.15) is 0 Å². The van der Waals surface area contributed by atoms with Crippen molar-refractivity contribution in [1.82, 2.24) is 9.62 Å². The molecule has 0 aliphatic carbocycles. The predicted octanol–water partition coefficient (Wildman–Crippen LogP) is 2.04. The van der Waals surface area contributed by atoms with E-state index in [4.69, 9.17) is 9.47 Å². The molecule has 1 amide bonds. The van der Waals surface area contributed by atoms with E-state index in [-0.39, 0.29) is 22.9 Å². The van der Waals surface area contributed by atoms with Crippen molar-refractivity contribution in [2.45, 2.75) is 29.9 Å². The summed E-state index contributed by atoms with van der Waals surface area (Å²) < 4.78 is 39.4. The number of nitrogens with one attached hydrogen (secondary N) is 1. The van der Waals surface area contributed by atoms with E-state index >= 15 is 0 Å². The summed E-state index contributed by atoms with van der Waals surface area (Å²) in [5.74, 6) is 0.882. The van der Waals surface area contributed by atoms with E-state index in [0.717, 1.165) is 0 Å². The molecule has 0 bridgehead atoms. The number of fused-ring (bicyclic) bond motifs is 2. The van der Waals surface area contributed by atoms with Crippen molar-refractivity contribution in [2.24, 2.45) is 0 Å². The number of ether oxygens (including phenoxy) is 2. The number of methoxy groups -OCH3 is 1. The number of sulfonamides is 1. The molecule has 7 nitrogen and oxygen atoms in total. The summed E-state index contributed by atoms with van der Waals surface area (Å²) in [6, 6.07) is 13.3. The Morgan fingerprint density at radius 3 is 2.75 bits per heavy atom. The minimum Gasteiger partial charge on any atom is -0.497 e. The number of para-hydroxylation sites is 1. The highest BCUT2D eigenvalue weighted by molar-refractivity contribution is 7.89. The Bertz CT molecular complexity index is 992. The lowest BCUT2D eigenvalue weighted by molar-refractivity contribution is 0.0755. The van der Waals surface area contributed by atoms with Crippen molar-refractivity contribution < 1.29 is 22.7 Å². The fourth-order valence-corrected chi connectivity index (χ4v) is 5.12. The average Bonchev–Trinajstić information content (AvgIpc) is 2.95. The predicted molar refractivity (Wildman–Crippen MR) is 103 cm³/mol. The Labute approximate surface area is 164 Å². The third-order valence-corrected chi connectivity index (χ3v) is 6.70. The zero-order chi connectivity index (χ0) is 19.7. The highest BCUT2D eigenvalue weighted by Gasteiger charge is 2.37. The van der Waals surface area contributed by atoms with Gasteiger partial charge in [-0.1, -0.05) is 18.2 Å². The van der Waals surface area contributed by atoms with E-state index in [1.54, 1.807) is 60.5 Å². The molecule has 0 unspecified atom stereocenters. The highest BCUT2D eigenvalue weighted by atomic mass is 32.2. The van der Waals surface area contributed by atoms with Gasteiger partial charge < -0.3 is 14.4 Å². The maximum atomic E-state index is 12.9. The van der Waals surface area contributed by atoms with E-state index in [9.17, 15) is 13.2 Å². The number of hydrogen-bond acceptors (Lipinski definition) is 5. The van der Waals surface area contributed by atoms with Gasteiger partial charge in [0.2, 0.25) is 10.0 Å². The number of carbonyl (C=O) groups is 1. The molecule has 28 heavy (non-hydrogen) atoms. The van der Waals surface area contributed by atoms with Gasteiger partial charge in [-0.3, -0.25) is 4.79 Å². The second-order valence-corrected chi connectivity index (χ2v) is 8.61. The number of amides is 1. The quantitative estimate of drug-likeness (QED) is 0.831. The molecule has 4 rings (SSSR count). The van der Waals surface area contributed by atoms with Crippen molar-refractivity contribution in [3.63, 3.8) is 0 Å². The molecule has 148 valence electrons. The van der Waals surface area contributed by atoms with Crippen LogP contribution in [0.25, 0.3) is 0 Å². The normalized spacial score (nSPS) is 23.4. The van der Waals surface area contributed by atoms with E-state index < -0.39 is 10.0 Å². The second kappa shape index (κ2) is 7.44. The largest absolute Gasteiger partial charge is 0.497 e. The third-order valence-electron chi connectivity index (χ3n) is 5.17. The highest BCUT2D eigenvalue weighted by Crippen LogP contribution is 2.31. The standard InChI is InChI=1S/C20H22N2O5S/c1-26-15-6-4-5-14(13-15)20(23)22-11-9-16-17(10-12-22)27-18-7-2-3-8-19(18)28(24,25)21-16/h2-8,13,16-17,21H,9-12H2,1H3/t16-,17-/m0/s1. The van der Waals surface area contributed by atoms with Crippen LogP contribution in [0.1, 0.15) is 23.2 Å². The minimum absolute atomic E-state index is 0.0985. The van der Waals surface area contributed by atoms with Crippen molar-refractivity contribution in [3.05, 3.63) is 54.1 Å². The Hall–Kier alpha value is -2.58. The molecule has 0 spiro atoms. The molecule has 1 saturated heterocycles. The Kier molecular flexibility index (Phi) is 4.99. The zero-order valence-corrected chi connectivity index (χ0v) is 16.3. The molecule has 1 fully saturated rings. The summed E-state index contributed by atoms with van der Waals surface area (Å²) in [6.07, 6.45) is 0.687. The summed E-state index contributed by atoms with van der Waals surface area (Å²) in [5.41, 5.74) is 0.549. The molecule has 0 radical (unpaired) electrons. The van der Waals surface area contributed by atoms with Crippen LogP contribution < -0.4 is 14.2 Å². The number of rotatable bonds is 2. The smallest absolute Gasteiger partial charge is 0.253 e. The monoisotopic (exact) mass is 402 g/mol. The number of nitrogens with zero attached hydrogens (tertiary/aromatic N) is 1. The number of carbonyl (C=O) groups excluding carboxylic acids is 1. The van der Waals surface area contributed by atoms with Crippen LogP contribution in [0.3, 0.4) is 0 Å². The number of hydrogen-bond donors (Lipinski definition) is 1. The van der Waals surface area contributed by atoms with E-state index in [1.807, 2.05) is 0 Å². The molecule has 2 heterocycles. The van der Waals surface area contributed by atoms with E-state index in [1.165, 1.54) is 0 Å². The van der Waals surface area contributed by atoms with Crippen molar-refractivity contribution in [1.29, 1.82) is 0 Å². The maximum Gasteiger partial charge on any atom is 0.253 e. The molecule has 2 aliphatic heterocycles. The summed E-state index contributed by atoms with van der Waals surface area (Å²) in [6.45, 7) is 0.931. The average molecular weight is 402 g/mol. The zero-order valence-electron chi connectivity index (χ0n) is 15.5. The molecule has 2 aromatic rings. The van der Waals surface area contributed by atoms with Crippen LogP contribution in [-0.4, -0.2) is 51.6 Å². The van der Waals surface area contributed by atoms with Gasteiger partial charge in [-0.25, -0.2) is 13.1 Å². The lowest BCUT2D eigenvalue weighted by atomic mass is 10.1. The second-order valence-electron chi connectivity index (χ2n) is 6.93. The van der Waals surface area contributed by atoms with Gasteiger partial charge in [0.1, 0.15) is 22.5 Å². The van der Waals surface area contributed by atoms with Crippen LogP contribution >= 0.6 is 0 Å². The topological polar surface area (TPSA) is 84.9 Å². The van der Waals surface area contributed by atoms with Crippen LogP contribution in [0.5, 0.6) is 11.5 Å². The Morgan fingerprint density at radius 2 is 1.93 bits per heavy atom. The minimum atomic E-state index is -3.66. The molecule has 0 aromatic heterocycles. The third kappa shape index (κ3) is 3.57. The molecular weight excluding hydrogens is 380 g/mol. The summed E-state index contributed by atoms with van der Waals surface area (Å²) in [4.78, 5) is 14.8. The molecule has 2 aliphatic rings. The van der Waals surface area contributed by atoms with Crippen LogP contribution in [0.4, 0.5) is 0 Å². The van der Waals surface area contributed by atoms with Crippen molar-refractivity contribution in [3.8, 4) is 11.5 Å². The molecular formula is C20H22N2O5S. The Balaban J connectivity index is 1.55. The van der Waals surface area contributed by atoms with Gasteiger partial charge in [0.15, 0.2) is 0 Å². The lowest BCUT2D eigenvalue weighted by Gasteiger charge is -2.22. The molecule has 1 N–H and O–H groups in total. The first kappa shape index (κ1) is 18.8. The van der Waals surface area contributed by atoms with Crippen LogP contribution in [0.15, 0.2) is 53.4 Å². The number of benzene rings is 2. The van der Waals surface area contributed by atoms with Crippen LogP contribution in [0, 0.1) is 0 Å². The summed E-state index contributed by atoms with van der Waals surface area (Å²) in [7, 11) is -2.10. The van der Waals surface area contributed by atoms with Crippen molar-refractivity contribution >= 4 is 15.9 Å². The summed E-state index contributed by atoms with van der Waals surface area (Å²) >= 11 is 0. The van der Waals surface area contributed by atoms with Gasteiger partial charge in [0.05, 0.1) is 13.2 Å². The van der Waals surface area contributed by atoms with Gasteiger partial charge in [0, 0.05) is 25.1 Å². The van der Waals surface area contributed by atoms with Crippen LogP contribution in [0.2, 0.25) is 0 Å². The van der Waals surface area contributed by atoms with E-state index in [0.29, 0.717) is 43.0 Å². The van der Waals surface area contributed by atoms with Gasteiger partial charge in [-0.05, 0) is 36.8 Å². The fourth-order valence-electron chi connectivity index (χ4n) is 3.69. The van der Waals surface area contributed by atoms with Crippen molar-refractivity contribution in [2.75, 3.05) is 20.2 Å². The SMILES string of the molecule is COc1cccc(C(=O)N2CC[C@@H]3NS(=O)(=O)c4ccccc4O[C@H]3CC2)c1. The van der Waals surface area contributed by atoms with E-state index in [2.05, 4.69) is 4.72 Å². The molecule has 0 saturated carbocycles. The van der Waals surface area contributed by atoms with Gasteiger partial charge in [0.25, 0.3) is 5.91 Å². The van der Waals surface area contributed by atoms with Gasteiger partial charge in [-0.15, -0.1) is 0 Å². The first-order valence-corrected chi connectivity index (χ1v) is 10.7. The Morgan fingerprint density at radius 1 is 1.14 bits per heavy atom. The summed E-state index contributed by atoms with van der Waals surface area (Å²) in [5, 5.41) is 0. The fraction of sp³-hybridized carbons (Fsp3) is 0.350. The first-order valence-electron chi connectivity index (χ1n) is 9.19.